The highest BCUT2D eigenvalue weighted by atomic mass is 15.3. The van der Waals surface area contributed by atoms with E-state index >= 15 is 0 Å². The maximum Gasteiger partial charge on any atom is 0.143 e. The molecule has 24 heavy (non-hydrogen) atoms. The van der Waals surface area contributed by atoms with Gasteiger partial charge < -0.3 is 20.5 Å². The molecule has 1 aromatic rings. The Morgan fingerprint density at radius 1 is 1.29 bits per heavy atom. The molecule has 1 aliphatic heterocycles. The van der Waals surface area contributed by atoms with Gasteiger partial charge in [-0.2, -0.15) is 0 Å². The SMILES string of the molecule is CC1C=CC(CNc2ncnc(N3CCN(C)CC3)c2C=N)=CC1. The van der Waals surface area contributed by atoms with E-state index in [1.807, 2.05) is 0 Å². The van der Waals surface area contributed by atoms with Crippen LogP contribution in [-0.2, 0) is 0 Å². The van der Waals surface area contributed by atoms with E-state index in [1.165, 1.54) is 11.8 Å². The molecular weight excluding hydrogens is 300 g/mol. The molecule has 1 saturated heterocycles. The molecule has 1 atom stereocenters. The van der Waals surface area contributed by atoms with Crippen LogP contribution in [0.4, 0.5) is 11.6 Å². The van der Waals surface area contributed by atoms with Crippen molar-refractivity contribution in [1.82, 2.24) is 14.9 Å². The molecule has 1 fully saturated rings. The Balaban J connectivity index is 1.73. The first-order valence-electron chi connectivity index (χ1n) is 8.57. The molecule has 0 aromatic carbocycles. The molecule has 6 heteroatoms. The quantitative estimate of drug-likeness (QED) is 0.812. The largest absolute Gasteiger partial charge is 0.365 e. The standard InChI is InChI=1S/C18H26N6/c1-14-3-5-15(6-4-14)12-20-17-16(11-19)18(22-13-21-17)24-9-7-23(2)8-10-24/h3,5-6,11,13-14,19H,4,7-10,12H2,1-2H3,(H,20,21,22). The highest BCUT2D eigenvalue weighted by molar-refractivity contribution is 5.91. The Morgan fingerprint density at radius 2 is 2.08 bits per heavy atom. The predicted octanol–water partition coefficient (Wildman–Crippen LogP) is 2.16. The van der Waals surface area contributed by atoms with E-state index < -0.39 is 0 Å². The minimum atomic E-state index is 0.619. The topological polar surface area (TPSA) is 68.1 Å². The van der Waals surface area contributed by atoms with Gasteiger partial charge in [0.05, 0.1) is 5.56 Å². The van der Waals surface area contributed by atoms with E-state index in [9.17, 15) is 0 Å². The van der Waals surface area contributed by atoms with Crippen molar-refractivity contribution in [2.75, 3.05) is 50.0 Å². The van der Waals surface area contributed by atoms with Gasteiger partial charge in [-0.15, -0.1) is 0 Å². The third-order valence-electron chi connectivity index (χ3n) is 4.66. The summed E-state index contributed by atoms with van der Waals surface area (Å²) in [5.74, 6) is 2.22. The second kappa shape index (κ2) is 7.57. The normalized spacial score (nSPS) is 21.5. The lowest BCUT2D eigenvalue weighted by molar-refractivity contribution is 0.312. The number of allylic oxidation sites excluding steroid dienone is 2. The first-order valence-corrected chi connectivity index (χ1v) is 8.57. The van der Waals surface area contributed by atoms with Crippen molar-refractivity contribution in [2.24, 2.45) is 5.92 Å². The van der Waals surface area contributed by atoms with Crippen molar-refractivity contribution in [3.8, 4) is 0 Å². The van der Waals surface area contributed by atoms with Crippen molar-refractivity contribution in [3.05, 3.63) is 35.7 Å². The Hall–Kier alpha value is -2.21. The van der Waals surface area contributed by atoms with Gasteiger partial charge in [-0.1, -0.05) is 25.2 Å². The average molecular weight is 326 g/mol. The first kappa shape index (κ1) is 16.6. The summed E-state index contributed by atoms with van der Waals surface area (Å²) in [6, 6.07) is 0. The monoisotopic (exact) mass is 326 g/mol. The lowest BCUT2D eigenvalue weighted by Gasteiger charge is -2.34. The summed E-state index contributed by atoms with van der Waals surface area (Å²) in [5, 5.41) is 11.2. The Labute approximate surface area is 143 Å². The number of likely N-dealkylation sites (N-methyl/N-ethyl adjacent to an activating group) is 1. The zero-order valence-corrected chi connectivity index (χ0v) is 14.5. The van der Waals surface area contributed by atoms with Crippen molar-refractivity contribution in [2.45, 2.75) is 13.3 Å². The van der Waals surface area contributed by atoms with E-state index in [1.54, 1.807) is 6.33 Å². The Morgan fingerprint density at radius 3 is 2.75 bits per heavy atom. The number of hydrogen-bond acceptors (Lipinski definition) is 6. The van der Waals surface area contributed by atoms with Gasteiger partial charge in [0.15, 0.2) is 0 Å². The summed E-state index contributed by atoms with van der Waals surface area (Å²) < 4.78 is 0. The number of anilines is 2. The average Bonchev–Trinajstić information content (AvgIpc) is 2.61. The maximum atomic E-state index is 7.82. The molecule has 2 aliphatic rings. The van der Waals surface area contributed by atoms with Crippen LogP contribution in [0, 0.1) is 11.3 Å². The first-order chi connectivity index (χ1) is 11.7. The van der Waals surface area contributed by atoms with Crippen LogP contribution in [0.3, 0.4) is 0 Å². The van der Waals surface area contributed by atoms with Crippen LogP contribution >= 0.6 is 0 Å². The fourth-order valence-corrected chi connectivity index (χ4v) is 3.02. The van der Waals surface area contributed by atoms with Gasteiger partial charge in [0.2, 0.25) is 0 Å². The Kier molecular flexibility index (Phi) is 5.25. The van der Waals surface area contributed by atoms with Crippen LogP contribution < -0.4 is 10.2 Å². The minimum Gasteiger partial charge on any atom is -0.365 e. The van der Waals surface area contributed by atoms with Crippen LogP contribution in [0.2, 0.25) is 0 Å². The van der Waals surface area contributed by atoms with Crippen LogP contribution in [-0.4, -0.2) is 60.9 Å². The number of aromatic nitrogens is 2. The number of nitrogens with one attached hydrogen (secondary N) is 2. The van der Waals surface area contributed by atoms with Gasteiger partial charge in [0.25, 0.3) is 0 Å². The number of hydrogen-bond donors (Lipinski definition) is 2. The summed E-state index contributed by atoms with van der Waals surface area (Å²) in [5.41, 5.74) is 2.04. The van der Waals surface area contributed by atoms with Gasteiger partial charge in [-0.3, -0.25) is 0 Å². The number of piperazine rings is 1. The van der Waals surface area contributed by atoms with Gasteiger partial charge in [0, 0.05) is 38.9 Å². The van der Waals surface area contributed by atoms with Crippen molar-refractivity contribution in [3.63, 3.8) is 0 Å². The summed E-state index contributed by atoms with van der Waals surface area (Å²) in [6.07, 6.45) is 10.7. The zero-order chi connectivity index (χ0) is 16.9. The third-order valence-corrected chi connectivity index (χ3v) is 4.66. The molecular formula is C18H26N6. The molecule has 2 heterocycles. The van der Waals surface area contributed by atoms with Gasteiger partial charge in [-0.05, 0) is 25.0 Å². The lowest BCUT2D eigenvalue weighted by atomic mass is 9.98. The maximum absolute atomic E-state index is 7.82. The van der Waals surface area contributed by atoms with Crippen LogP contribution in [0.1, 0.15) is 18.9 Å². The number of nitrogens with zero attached hydrogens (tertiary/aromatic N) is 4. The van der Waals surface area contributed by atoms with Gasteiger partial charge in [0.1, 0.15) is 18.0 Å². The second-order valence-corrected chi connectivity index (χ2v) is 6.60. The number of rotatable bonds is 5. The highest BCUT2D eigenvalue weighted by Crippen LogP contribution is 2.23. The van der Waals surface area contributed by atoms with Gasteiger partial charge in [-0.25, -0.2) is 9.97 Å². The summed E-state index contributed by atoms with van der Waals surface area (Å²) in [4.78, 5) is 13.4. The van der Waals surface area contributed by atoms with Crippen molar-refractivity contribution >= 4 is 17.9 Å². The molecule has 1 aliphatic carbocycles. The fraction of sp³-hybridized carbons (Fsp3) is 0.500. The molecule has 0 spiro atoms. The molecule has 2 N–H and O–H groups in total. The van der Waals surface area contributed by atoms with E-state index in [0.29, 0.717) is 5.92 Å². The van der Waals surface area contributed by atoms with E-state index in [4.69, 9.17) is 5.41 Å². The van der Waals surface area contributed by atoms with Crippen LogP contribution in [0.25, 0.3) is 0 Å². The third kappa shape index (κ3) is 3.82. The molecule has 0 amide bonds. The lowest BCUT2D eigenvalue weighted by Crippen LogP contribution is -2.45. The van der Waals surface area contributed by atoms with Crippen LogP contribution in [0.15, 0.2) is 30.1 Å². The molecule has 0 radical (unpaired) electrons. The molecule has 0 bridgehead atoms. The molecule has 1 aromatic heterocycles. The predicted molar refractivity (Wildman–Crippen MR) is 99.1 cm³/mol. The molecule has 128 valence electrons. The summed E-state index contributed by atoms with van der Waals surface area (Å²) in [6.45, 7) is 6.83. The molecule has 6 nitrogen and oxygen atoms in total. The van der Waals surface area contributed by atoms with E-state index in [0.717, 1.165) is 56.3 Å². The fourth-order valence-electron chi connectivity index (χ4n) is 3.02. The second-order valence-electron chi connectivity index (χ2n) is 6.60. The smallest absolute Gasteiger partial charge is 0.143 e. The van der Waals surface area contributed by atoms with Crippen molar-refractivity contribution < 1.29 is 0 Å². The van der Waals surface area contributed by atoms with Gasteiger partial charge >= 0.3 is 0 Å². The minimum absolute atomic E-state index is 0.619. The summed E-state index contributed by atoms with van der Waals surface area (Å²) >= 11 is 0. The highest BCUT2D eigenvalue weighted by Gasteiger charge is 2.20. The Bertz CT molecular complexity index is 643. The molecule has 3 rings (SSSR count). The van der Waals surface area contributed by atoms with E-state index in [-0.39, 0.29) is 0 Å². The molecule has 1 unspecified atom stereocenters. The zero-order valence-electron chi connectivity index (χ0n) is 14.5. The van der Waals surface area contributed by atoms with E-state index in [2.05, 4.69) is 57.3 Å². The summed E-state index contributed by atoms with van der Waals surface area (Å²) in [7, 11) is 2.13. The molecule has 0 saturated carbocycles. The van der Waals surface area contributed by atoms with Crippen molar-refractivity contribution in [1.29, 1.82) is 5.41 Å². The van der Waals surface area contributed by atoms with Crippen LogP contribution in [0.5, 0.6) is 0 Å².